The fourth-order valence-corrected chi connectivity index (χ4v) is 7.70. The fourth-order valence-electron chi connectivity index (χ4n) is 7.70. The molecule has 0 saturated heterocycles. The standard InChI is InChI=1S/C49H56N8/c1-33-28-38(22-23-40(33)50)54-43-25-24-42(36(4)49(43)55-37-18-12-10-13-19-37)52-26-16-8-6-5-7-9-17-27-53-44-32-48-46(30-35(44)3)56-45-29-34(2)41(51)31-47(45)57(48)39-20-14-11-15-21-39/h10-15,18-21,23-25,28-32,52,55H,5-9,16-17,22,26-27,50H2,1-4H3,(H2,51,53)/p+2. The summed E-state index contributed by atoms with van der Waals surface area (Å²) < 4.78 is 2.29. The van der Waals surface area contributed by atoms with E-state index in [-0.39, 0.29) is 0 Å². The first-order chi connectivity index (χ1) is 27.7. The quantitative estimate of drug-likeness (QED) is 0.0291. The van der Waals surface area contributed by atoms with Crippen molar-refractivity contribution >= 4 is 61.9 Å². The van der Waals surface area contributed by atoms with Gasteiger partial charge in [-0.2, -0.15) is 0 Å². The van der Waals surface area contributed by atoms with Gasteiger partial charge in [-0.15, -0.1) is 4.57 Å². The van der Waals surface area contributed by atoms with Crippen molar-refractivity contribution in [1.29, 1.82) is 0 Å². The van der Waals surface area contributed by atoms with E-state index >= 15 is 0 Å². The van der Waals surface area contributed by atoms with Crippen LogP contribution in [-0.2, 0) is 0 Å². The zero-order valence-electron chi connectivity index (χ0n) is 34.0. The molecule has 8 heteroatoms. The third-order valence-electron chi connectivity index (χ3n) is 11.1. The normalized spacial score (nSPS) is 13.6. The van der Waals surface area contributed by atoms with Gasteiger partial charge in [0.15, 0.2) is 5.69 Å². The van der Waals surface area contributed by atoms with Gasteiger partial charge >= 0.3 is 0 Å². The van der Waals surface area contributed by atoms with Crippen LogP contribution in [0.5, 0.6) is 0 Å². The van der Waals surface area contributed by atoms with Gasteiger partial charge in [0.1, 0.15) is 22.4 Å². The Bertz CT molecular complexity index is 2450. The number of hydrogen-bond acceptors (Lipinski definition) is 6. The number of unbranched alkanes of at least 4 members (excludes halogenated alkanes) is 6. The molecule has 0 saturated carbocycles. The van der Waals surface area contributed by atoms with Crippen LogP contribution in [0.15, 0.2) is 125 Å². The van der Waals surface area contributed by atoms with E-state index in [1.54, 1.807) is 0 Å². The lowest BCUT2D eigenvalue weighted by molar-refractivity contribution is -0.538. The number of nitrogen functional groups attached to an aromatic ring is 1. The summed E-state index contributed by atoms with van der Waals surface area (Å²) in [6.07, 6.45) is 13.5. The van der Waals surface area contributed by atoms with Crippen LogP contribution >= 0.6 is 0 Å². The van der Waals surface area contributed by atoms with Crippen LogP contribution in [0.4, 0.5) is 34.1 Å². The maximum Gasteiger partial charge on any atom is 0.239 e. The van der Waals surface area contributed by atoms with Gasteiger partial charge in [0.25, 0.3) is 0 Å². The lowest BCUT2D eigenvalue weighted by Gasteiger charge is -2.15. The Hall–Kier alpha value is -5.99. The van der Waals surface area contributed by atoms with Gasteiger partial charge in [-0.25, -0.2) is 9.98 Å². The number of hydrogen-bond donors (Lipinski definition) is 5. The highest BCUT2D eigenvalue weighted by Gasteiger charge is 2.22. The molecule has 0 amide bonds. The van der Waals surface area contributed by atoms with Crippen molar-refractivity contribution < 1.29 is 9.88 Å². The SMILES string of the molecule is CC1=CC(=Nc2ccc(NCCCCCCCCCNc3cc4c(cc3C)nc3cc(C)c(N)cc3[n+]4-c3ccccc3)c(C)c2[NH2+]c2ccccc2)CC=C1N. The minimum absolute atomic E-state index is 0.747. The lowest BCUT2D eigenvalue weighted by atomic mass is 10.0. The molecule has 0 spiro atoms. The zero-order chi connectivity index (χ0) is 39.7. The van der Waals surface area contributed by atoms with Crippen molar-refractivity contribution in [2.75, 3.05) is 29.5 Å². The molecule has 0 unspecified atom stereocenters. The number of quaternary nitrogens is 1. The van der Waals surface area contributed by atoms with Crippen LogP contribution in [0, 0.1) is 20.8 Å². The molecule has 0 atom stereocenters. The summed E-state index contributed by atoms with van der Waals surface area (Å²) in [5, 5.41) is 9.73. The molecular weight excluding hydrogens is 701 g/mol. The number of nitrogens with zero attached hydrogens (tertiary/aromatic N) is 3. The molecule has 0 radical (unpaired) electrons. The number of nitrogens with two attached hydrogens (primary N) is 3. The molecule has 8 nitrogen and oxygen atoms in total. The molecule has 1 aromatic heterocycles. The first-order valence-corrected chi connectivity index (χ1v) is 20.6. The molecule has 0 bridgehead atoms. The number of aromatic nitrogens is 2. The van der Waals surface area contributed by atoms with Crippen molar-refractivity contribution in [1.82, 2.24) is 4.98 Å². The van der Waals surface area contributed by atoms with E-state index in [0.29, 0.717) is 0 Å². The number of allylic oxidation sites excluding steroid dienone is 3. The molecule has 57 heavy (non-hydrogen) atoms. The second-order valence-corrected chi connectivity index (χ2v) is 15.5. The van der Waals surface area contributed by atoms with Crippen molar-refractivity contribution in [3.8, 4) is 5.69 Å². The second-order valence-electron chi connectivity index (χ2n) is 15.5. The average molecular weight is 759 g/mol. The highest BCUT2D eigenvalue weighted by molar-refractivity contribution is 6.00. The van der Waals surface area contributed by atoms with Gasteiger partial charge in [-0.05, 0) is 99.7 Å². The largest absolute Gasteiger partial charge is 0.399 e. The monoisotopic (exact) mass is 758 g/mol. The Morgan fingerprint density at radius 1 is 0.684 bits per heavy atom. The van der Waals surface area contributed by atoms with Gasteiger partial charge < -0.3 is 22.1 Å². The van der Waals surface area contributed by atoms with Gasteiger partial charge in [-0.3, -0.25) is 5.32 Å². The molecule has 292 valence electrons. The topological polar surface area (TPSA) is 122 Å². The Kier molecular flexibility index (Phi) is 12.6. The molecule has 5 aromatic carbocycles. The van der Waals surface area contributed by atoms with Gasteiger partial charge in [0.2, 0.25) is 16.7 Å². The van der Waals surface area contributed by atoms with Crippen LogP contribution in [0.3, 0.4) is 0 Å². The summed E-state index contributed by atoms with van der Waals surface area (Å²) in [4.78, 5) is 10.2. The maximum absolute atomic E-state index is 6.40. The van der Waals surface area contributed by atoms with E-state index in [4.69, 9.17) is 21.4 Å². The minimum atomic E-state index is 0.747. The Labute approximate surface area is 337 Å². The average Bonchev–Trinajstić information content (AvgIpc) is 3.21. The van der Waals surface area contributed by atoms with E-state index in [1.165, 1.54) is 54.6 Å². The Morgan fingerprint density at radius 3 is 1.98 bits per heavy atom. The first kappa shape index (κ1) is 39.3. The molecule has 7 rings (SSSR count). The number of aryl methyl sites for hydroxylation is 2. The van der Waals surface area contributed by atoms with Crippen molar-refractivity contribution in [2.24, 2.45) is 10.7 Å². The number of benzene rings is 5. The van der Waals surface area contributed by atoms with E-state index in [9.17, 15) is 0 Å². The number of fused-ring (bicyclic) bond motifs is 2. The molecular formula is C49H58N8+2. The van der Waals surface area contributed by atoms with Crippen molar-refractivity contribution in [3.05, 3.63) is 137 Å². The summed E-state index contributed by atoms with van der Waals surface area (Å²) >= 11 is 0. The Morgan fingerprint density at radius 2 is 1.30 bits per heavy atom. The van der Waals surface area contributed by atoms with E-state index in [1.807, 2.05) is 13.8 Å². The third-order valence-corrected chi connectivity index (χ3v) is 11.1. The predicted octanol–water partition coefficient (Wildman–Crippen LogP) is 10.2. The summed E-state index contributed by atoms with van der Waals surface area (Å²) in [7, 11) is 0. The molecule has 0 aliphatic heterocycles. The third kappa shape index (κ3) is 9.52. The molecule has 1 heterocycles. The molecule has 1 aliphatic carbocycles. The fraction of sp³-hybridized carbons (Fsp3) is 0.286. The summed E-state index contributed by atoms with van der Waals surface area (Å²) in [6.45, 7) is 10.4. The number of para-hydroxylation sites is 2. The van der Waals surface area contributed by atoms with Gasteiger partial charge in [0, 0.05) is 77.8 Å². The number of anilines is 3. The molecule has 6 aromatic rings. The minimum Gasteiger partial charge on any atom is -0.399 e. The van der Waals surface area contributed by atoms with E-state index in [0.717, 1.165) is 105 Å². The molecule has 8 N–H and O–H groups in total. The number of rotatable bonds is 16. The summed E-state index contributed by atoms with van der Waals surface area (Å²) in [5.41, 5.74) is 30.4. The smallest absolute Gasteiger partial charge is 0.239 e. The van der Waals surface area contributed by atoms with Crippen LogP contribution in [0.2, 0.25) is 0 Å². The van der Waals surface area contributed by atoms with Crippen LogP contribution in [0.25, 0.3) is 27.8 Å². The zero-order valence-corrected chi connectivity index (χ0v) is 34.0. The van der Waals surface area contributed by atoms with Crippen molar-refractivity contribution in [3.63, 3.8) is 0 Å². The van der Waals surface area contributed by atoms with Crippen LogP contribution in [0.1, 0.15) is 75.0 Å². The number of aliphatic imine (C=N–C) groups is 1. The van der Waals surface area contributed by atoms with Crippen LogP contribution in [-0.4, -0.2) is 23.8 Å². The Balaban J connectivity index is 0.884. The van der Waals surface area contributed by atoms with Crippen LogP contribution < -0.4 is 32.0 Å². The van der Waals surface area contributed by atoms with Gasteiger partial charge in [-0.1, -0.05) is 74.6 Å². The summed E-state index contributed by atoms with van der Waals surface area (Å²) in [6, 6.07) is 33.9. The lowest BCUT2D eigenvalue weighted by Crippen LogP contribution is -2.71. The van der Waals surface area contributed by atoms with E-state index < -0.39 is 0 Å². The highest BCUT2D eigenvalue weighted by atomic mass is 15.0. The molecule has 1 aliphatic rings. The highest BCUT2D eigenvalue weighted by Crippen LogP contribution is 2.33. The predicted molar refractivity (Wildman–Crippen MR) is 241 cm³/mol. The maximum atomic E-state index is 6.40. The second kappa shape index (κ2) is 18.3. The molecule has 0 fully saturated rings. The summed E-state index contributed by atoms with van der Waals surface area (Å²) in [5.74, 6) is 0. The van der Waals surface area contributed by atoms with Crippen molar-refractivity contribution in [2.45, 2.75) is 79.1 Å². The van der Waals surface area contributed by atoms with Gasteiger partial charge in [0.05, 0.1) is 0 Å². The number of nitrogens with one attached hydrogen (secondary N) is 2. The first-order valence-electron chi connectivity index (χ1n) is 20.6. The van der Waals surface area contributed by atoms with E-state index in [2.05, 4.69) is 144 Å².